The highest BCUT2D eigenvalue weighted by Gasteiger charge is 2.34. The molecular formula is C38H44BrN3O4S. The van der Waals surface area contributed by atoms with Crippen LogP contribution in [0.3, 0.4) is 0 Å². The molecule has 0 saturated heterocycles. The number of carbonyl (C=O) groups is 2. The Labute approximate surface area is 288 Å². The van der Waals surface area contributed by atoms with Crippen LogP contribution in [-0.2, 0) is 32.6 Å². The van der Waals surface area contributed by atoms with Crippen molar-refractivity contribution in [3.63, 3.8) is 0 Å². The Morgan fingerprint density at radius 3 is 2.13 bits per heavy atom. The zero-order valence-corrected chi connectivity index (χ0v) is 29.9. The Morgan fingerprint density at radius 2 is 1.51 bits per heavy atom. The quantitative estimate of drug-likeness (QED) is 0.128. The number of aryl methyl sites for hydroxylation is 1. The van der Waals surface area contributed by atoms with Crippen molar-refractivity contribution in [1.29, 1.82) is 0 Å². The molecule has 4 rings (SSSR count). The summed E-state index contributed by atoms with van der Waals surface area (Å²) in [6.45, 7) is 8.18. The van der Waals surface area contributed by atoms with Crippen LogP contribution in [0.25, 0.3) is 0 Å². The van der Waals surface area contributed by atoms with E-state index < -0.39 is 28.5 Å². The lowest BCUT2D eigenvalue weighted by molar-refractivity contribution is -0.140. The van der Waals surface area contributed by atoms with Gasteiger partial charge in [0.25, 0.3) is 10.0 Å². The minimum atomic E-state index is -4.16. The Hall–Kier alpha value is -3.95. The molecule has 47 heavy (non-hydrogen) atoms. The molecule has 248 valence electrons. The molecule has 0 bridgehead atoms. The number of amides is 2. The molecule has 0 spiro atoms. The summed E-state index contributed by atoms with van der Waals surface area (Å²) in [5.74, 6) is -0.515. The zero-order chi connectivity index (χ0) is 34.0. The highest BCUT2D eigenvalue weighted by atomic mass is 79.9. The maximum Gasteiger partial charge on any atom is 0.264 e. The van der Waals surface area contributed by atoms with Crippen LogP contribution in [0.15, 0.2) is 112 Å². The first kappa shape index (κ1) is 35.9. The molecule has 9 heteroatoms. The standard InChI is InChI=1S/C38H44BrN3O4S/c1-5-6-23-40-38(44)36(25-30-11-8-7-9-12-30)41(26-31-13-10-14-33(39)24-31)37(43)27-42(34-19-17-32(18-20-34)28(2)3)47(45,46)35-21-15-29(4)16-22-35/h7-22,24,28,36H,5-6,23,25-27H2,1-4H3,(H,40,44)/t36-/m0/s1. The van der Waals surface area contributed by atoms with Crippen molar-refractivity contribution in [2.75, 3.05) is 17.4 Å². The van der Waals surface area contributed by atoms with E-state index in [0.717, 1.165) is 43.9 Å². The van der Waals surface area contributed by atoms with Crippen LogP contribution in [-0.4, -0.2) is 44.3 Å². The van der Waals surface area contributed by atoms with Crippen molar-refractivity contribution >= 4 is 43.5 Å². The molecule has 0 aromatic heterocycles. The fraction of sp³-hybridized carbons (Fsp3) is 0.316. The predicted molar refractivity (Wildman–Crippen MR) is 193 cm³/mol. The summed E-state index contributed by atoms with van der Waals surface area (Å²) in [7, 11) is -4.16. The lowest BCUT2D eigenvalue weighted by Crippen LogP contribution is -2.53. The Balaban J connectivity index is 1.80. The Morgan fingerprint density at radius 1 is 0.851 bits per heavy atom. The van der Waals surface area contributed by atoms with Gasteiger partial charge in [0, 0.05) is 24.0 Å². The number of nitrogens with zero attached hydrogens (tertiary/aromatic N) is 2. The number of hydrogen-bond acceptors (Lipinski definition) is 4. The van der Waals surface area contributed by atoms with E-state index in [4.69, 9.17) is 0 Å². The molecule has 0 aliphatic heterocycles. The Bertz CT molecular complexity index is 1730. The summed E-state index contributed by atoms with van der Waals surface area (Å²) in [6.07, 6.45) is 1.98. The van der Waals surface area contributed by atoms with Gasteiger partial charge in [0.05, 0.1) is 10.6 Å². The van der Waals surface area contributed by atoms with Gasteiger partial charge in [-0.25, -0.2) is 8.42 Å². The number of nitrogens with one attached hydrogen (secondary N) is 1. The van der Waals surface area contributed by atoms with Crippen LogP contribution in [0.5, 0.6) is 0 Å². The van der Waals surface area contributed by atoms with Crippen LogP contribution in [0.4, 0.5) is 5.69 Å². The second-order valence-corrected chi connectivity index (χ2v) is 14.9. The topological polar surface area (TPSA) is 86.8 Å². The zero-order valence-electron chi connectivity index (χ0n) is 27.5. The SMILES string of the molecule is CCCCNC(=O)[C@H](Cc1ccccc1)N(Cc1cccc(Br)c1)C(=O)CN(c1ccc(C(C)C)cc1)S(=O)(=O)c1ccc(C)cc1. The molecule has 0 fully saturated rings. The molecule has 0 unspecified atom stereocenters. The third-order valence-corrected chi connectivity index (χ3v) is 10.4. The van der Waals surface area contributed by atoms with E-state index in [1.165, 1.54) is 4.90 Å². The molecule has 7 nitrogen and oxygen atoms in total. The van der Waals surface area contributed by atoms with Crippen molar-refractivity contribution in [3.8, 4) is 0 Å². The van der Waals surface area contributed by atoms with Crippen LogP contribution >= 0.6 is 15.9 Å². The predicted octanol–water partition coefficient (Wildman–Crippen LogP) is 7.63. The summed E-state index contributed by atoms with van der Waals surface area (Å²) in [5, 5.41) is 3.03. The highest BCUT2D eigenvalue weighted by molar-refractivity contribution is 9.10. The molecule has 1 N–H and O–H groups in total. The normalized spacial score (nSPS) is 12.0. The van der Waals surface area contributed by atoms with Gasteiger partial charge >= 0.3 is 0 Å². The van der Waals surface area contributed by atoms with Gasteiger partial charge < -0.3 is 10.2 Å². The van der Waals surface area contributed by atoms with Gasteiger partial charge in [0.15, 0.2) is 0 Å². The maximum atomic E-state index is 14.6. The van der Waals surface area contributed by atoms with E-state index >= 15 is 0 Å². The smallest absolute Gasteiger partial charge is 0.264 e. The number of carbonyl (C=O) groups excluding carboxylic acids is 2. The maximum absolute atomic E-state index is 14.6. The first-order chi connectivity index (χ1) is 22.5. The van der Waals surface area contributed by atoms with E-state index in [0.29, 0.717) is 12.2 Å². The fourth-order valence-electron chi connectivity index (χ4n) is 5.28. The van der Waals surface area contributed by atoms with Crippen molar-refractivity contribution in [2.45, 2.75) is 70.4 Å². The van der Waals surface area contributed by atoms with Crippen LogP contribution in [0, 0.1) is 6.92 Å². The first-order valence-electron chi connectivity index (χ1n) is 16.0. The van der Waals surface area contributed by atoms with E-state index in [1.54, 1.807) is 36.4 Å². The molecular weight excluding hydrogens is 674 g/mol. The molecule has 4 aromatic carbocycles. The van der Waals surface area contributed by atoms with Gasteiger partial charge in [0.2, 0.25) is 11.8 Å². The fourth-order valence-corrected chi connectivity index (χ4v) is 7.14. The average Bonchev–Trinajstić information content (AvgIpc) is 3.06. The monoisotopic (exact) mass is 717 g/mol. The summed E-state index contributed by atoms with van der Waals surface area (Å²) < 4.78 is 30.5. The van der Waals surface area contributed by atoms with E-state index in [2.05, 4.69) is 35.1 Å². The van der Waals surface area contributed by atoms with Crippen molar-refractivity contribution < 1.29 is 18.0 Å². The molecule has 0 aliphatic rings. The number of sulfonamides is 1. The van der Waals surface area contributed by atoms with Gasteiger partial charge in [-0.15, -0.1) is 0 Å². The summed E-state index contributed by atoms with van der Waals surface area (Å²) >= 11 is 3.52. The summed E-state index contributed by atoms with van der Waals surface area (Å²) in [5.41, 5.74) is 4.05. The van der Waals surface area contributed by atoms with Crippen molar-refractivity contribution in [1.82, 2.24) is 10.2 Å². The Kier molecular flexibility index (Phi) is 12.8. The van der Waals surface area contributed by atoms with E-state index in [-0.39, 0.29) is 29.7 Å². The molecule has 0 aliphatic carbocycles. The molecule has 4 aromatic rings. The molecule has 2 amide bonds. The van der Waals surface area contributed by atoms with Crippen LogP contribution in [0.2, 0.25) is 0 Å². The minimum absolute atomic E-state index is 0.0838. The van der Waals surface area contributed by atoms with E-state index in [9.17, 15) is 18.0 Å². The average molecular weight is 719 g/mol. The van der Waals surface area contributed by atoms with Crippen molar-refractivity contribution in [2.24, 2.45) is 0 Å². The van der Waals surface area contributed by atoms with Gasteiger partial charge in [-0.2, -0.15) is 0 Å². The lowest BCUT2D eigenvalue weighted by atomic mass is 10.0. The molecule has 0 heterocycles. The van der Waals surface area contributed by atoms with Gasteiger partial charge in [0.1, 0.15) is 12.6 Å². The second kappa shape index (κ2) is 16.7. The summed E-state index contributed by atoms with van der Waals surface area (Å²) in [4.78, 5) is 30.1. The number of hydrogen-bond donors (Lipinski definition) is 1. The summed E-state index contributed by atoms with van der Waals surface area (Å²) in [6, 6.07) is 30.1. The lowest BCUT2D eigenvalue weighted by Gasteiger charge is -2.34. The number of benzene rings is 4. The minimum Gasteiger partial charge on any atom is -0.354 e. The third kappa shape index (κ3) is 9.78. The van der Waals surface area contributed by atoms with Gasteiger partial charge in [-0.05, 0) is 72.4 Å². The highest BCUT2D eigenvalue weighted by Crippen LogP contribution is 2.27. The van der Waals surface area contributed by atoms with Crippen molar-refractivity contribution in [3.05, 3.63) is 130 Å². The molecule has 1 atom stereocenters. The van der Waals surface area contributed by atoms with E-state index in [1.807, 2.05) is 80.6 Å². The third-order valence-electron chi connectivity index (χ3n) is 8.08. The van der Waals surface area contributed by atoms with Gasteiger partial charge in [-0.3, -0.25) is 13.9 Å². The number of halogens is 1. The first-order valence-corrected chi connectivity index (χ1v) is 18.3. The largest absolute Gasteiger partial charge is 0.354 e. The second-order valence-electron chi connectivity index (χ2n) is 12.1. The van der Waals surface area contributed by atoms with Crippen LogP contribution in [0.1, 0.15) is 61.8 Å². The van der Waals surface area contributed by atoms with Crippen LogP contribution < -0.4 is 9.62 Å². The van der Waals surface area contributed by atoms with Gasteiger partial charge in [-0.1, -0.05) is 115 Å². The number of unbranched alkanes of at least 4 members (excludes halogenated alkanes) is 1. The number of rotatable bonds is 15. The molecule has 0 radical (unpaired) electrons. The molecule has 0 saturated carbocycles. The number of anilines is 1.